The van der Waals surface area contributed by atoms with Gasteiger partial charge in [-0.15, -0.1) is 11.6 Å². The summed E-state index contributed by atoms with van der Waals surface area (Å²) >= 11 is 12.5. The van der Waals surface area contributed by atoms with Gasteiger partial charge in [-0.25, -0.2) is 9.59 Å². The molecule has 0 heterocycles. The fourth-order valence-electron chi connectivity index (χ4n) is 4.43. The number of aliphatic hydroxyl groups excluding tert-OH is 4. The molecule has 0 aromatic carbocycles. The molecule has 1 saturated carbocycles. The van der Waals surface area contributed by atoms with Crippen LogP contribution in [0.5, 0.6) is 0 Å². The Morgan fingerprint density at radius 1 is 1.04 bits per heavy atom. The van der Waals surface area contributed by atoms with E-state index < -0.39 is 72.2 Å². The summed E-state index contributed by atoms with van der Waals surface area (Å²) in [4.78, 5) is 35.8. The fourth-order valence-corrected chi connectivity index (χ4v) is 4.86. The molecule has 1 fully saturated rings. The molecule has 0 spiro atoms. The average molecular weight is 673 g/mol. The van der Waals surface area contributed by atoms with Gasteiger partial charge in [0.15, 0.2) is 5.78 Å². The van der Waals surface area contributed by atoms with Gasteiger partial charge < -0.3 is 35.6 Å². The number of carbonyl (C=O) groups excluding carboxylic acids is 3. The number of aliphatic hydroxyl groups is 4. The van der Waals surface area contributed by atoms with E-state index in [4.69, 9.17) is 38.4 Å². The molecule has 1 rings (SSSR count). The number of amides is 1. The fraction of sp³-hybridized carbons (Fsp3) is 0.545. The van der Waals surface area contributed by atoms with Gasteiger partial charge in [-0.05, 0) is 50.7 Å². The molecule has 6 N–H and O–H groups in total. The van der Waals surface area contributed by atoms with Crippen molar-refractivity contribution < 1.29 is 44.3 Å². The van der Waals surface area contributed by atoms with Gasteiger partial charge in [-0.2, -0.15) is 0 Å². The molecule has 0 aromatic rings. The van der Waals surface area contributed by atoms with Gasteiger partial charge in [0.05, 0.1) is 18.3 Å². The van der Waals surface area contributed by atoms with Gasteiger partial charge in [0.1, 0.15) is 23.7 Å². The lowest BCUT2D eigenvalue weighted by atomic mass is 9.86. The summed E-state index contributed by atoms with van der Waals surface area (Å²) in [5.74, 6) is -1.81. The Morgan fingerprint density at radius 2 is 1.69 bits per heavy atom. The Hall–Kier alpha value is -2.73. The highest BCUT2D eigenvalue weighted by Gasteiger charge is 2.35. The Morgan fingerprint density at radius 3 is 2.33 bits per heavy atom. The van der Waals surface area contributed by atoms with Crippen molar-refractivity contribution >= 4 is 41.0 Å². The standard InChI is InChI=1S/C33H47Cl2NO9/c1-5-6-14-27(45-33(36)43)30(35)25(38)19-26(39)32(42)31(41)22(4)23(34)13-9-7-11-20(2)12-8-10-15-29(40)44-28-18-21(3)16-17-24(28)37/h6-15,21-22,24-25,27-28,30-32,37-38,41-42H,5,16-19H2,1-4H3,(H2,36,43)/b9-7+,12-8+,14-6+,15-10+,20-11+,23-13-/t21-,22-,24-,25-,27-,28-,30+,31-,32-/m1/s1. The van der Waals surface area contributed by atoms with Crippen LogP contribution in [0.3, 0.4) is 0 Å². The van der Waals surface area contributed by atoms with E-state index in [0.717, 1.165) is 12.0 Å². The van der Waals surface area contributed by atoms with E-state index in [-0.39, 0.29) is 5.03 Å². The normalized spacial score (nSPS) is 24.1. The van der Waals surface area contributed by atoms with Crippen LogP contribution in [0.15, 0.2) is 71.4 Å². The van der Waals surface area contributed by atoms with Crippen molar-refractivity contribution in [1.82, 2.24) is 0 Å². The van der Waals surface area contributed by atoms with Crippen LogP contribution in [0.1, 0.15) is 59.8 Å². The number of alkyl halides is 1. The smallest absolute Gasteiger partial charge is 0.405 e. The van der Waals surface area contributed by atoms with Crippen LogP contribution in [0.25, 0.3) is 0 Å². The summed E-state index contributed by atoms with van der Waals surface area (Å²) < 4.78 is 10.2. The third-order valence-electron chi connectivity index (χ3n) is 7.22. The molecule has 0 bridgehead atoms. The van der Waals surface area contributed by atoms with Crippen molar-refractivity contribution in [3.05, 3.63) is 71.4 Å². The van der Waals surface area contributed by atoms with Gasteiger partial charge in [-0.1, -0.05) is 80.5 Å². The largest absolute Gasteiger partial charge is 0.456 e. The second-order valence-electron chi connectivity index (χ2n) is 11.2. The predicted molar refractivity (Wildman–Crippen MR) is 174 cm³/mol. The average Bonchev–Trinajstić information content (AvgIpc) is 2.99. The molecule has 1 aliphatic rings. The lowest BCUT2D eigenvalue weighted by molar-refractivity contribution is -0.152. The predicted octanol–water partition coefficient (Wildman–Crippen LogP) is 4.53. The molecule has 0 radical (unpaired) electrons. The highest BCUT2D eigenvalue weighted by molar-refractivity contribution is 6.30. The maximum Gasteiger partial charge on any atom is 0.405 e. The second-order valence-corrected chi connectivity index (χ2v) is 12.1. The first-order valence-electron chi connectivity index (χ1n) is 15.0. The van der Waals surface area contributed by atoms with Crippen LogP contribution in [0, 0.1) is 11.8 Å². The molecule has 45 heavy (non-hydrogen) atoms. The number of carbonyl (C=O) groups is 3. The molecule has 0 unspecified atom stereocenters. The SMILES string of the molecule is CC/C=C/[C@@H](OC(N)=O)[C@@H](Cl)[C@H](O)CC(=O)[C@@H](O)[C@H](O)[C@H](C)/C(Cl)=C/C=C/C=C(C)/C=C/C=C/C(=O)O[C@@H]1C[C@H](C)CC[C@H]1O. The molecule has 1 amide bonds. The third kappa shape index (κ3) is 15.4. The third-order valence-corrected chi connectivity index (χ3v) is 8.23. The quantitative estimate of drug-likeness (QED) is 0.0489. The molecule has 0 saturated heterocycles. The van der Waals surface area contributed by atoms with Gasteiger partial charge in [0, 0.05) is 23.4 Å². The van der Waals surface area contributed by atoms with Crippen molar-refractivity contribution in [2.24, 2.45) is 17.6 Å². The number of esters is 1. The number of hydrogen-bond acceptors (Lipinski definition) is 9. The Kier molecular flexibility index (Phi) is 18.9. The van der Waals surface area contributed by atoms with E-state index in [0.29, 0.717) is 25.2 Å². The summed E-state index contributed by atoms with van der Waals surface area (Å²) in [6.45, 7) is 7.27. The van der Waals surface area contributed by atoms with E-state index in [1.165, 1.54) is 25.2 Å². The van der Waals surface area contributed by atoms with Crippen LogP contribution in [-0.4, -0.2) is 80.3 Å². The molecule has 1 aliphatic carbocycles. The number of ketones is 1. The van der Waals surface area contributed by atoms with Crippen LogP contribution >= 0.6 is 23.2 Å². The molecule has 252 valence electrons. The van der Waals surface area contributed by atoms with Crippen molar-refractivity contribution in [2.45, 2.75) is 102 Å². The summed E-state index contributed by atoms with van der Waals surface area (Å²) in [5.41, 5.74) is 5.90. The second kappa shape index (κ2) is 21.1. The molecule has 0 aliphatic heterocycles. The lowest BCUT2D eigenvalue weighted by Crippen LogP contribution is -2.43. The van der Waals surface area contributed by atoms with Crippen LogP contribution in [0.2, 0.25) is 0 Å². The molecule has 9 atom stereocenters. The summed E-state index contributed by atoms with van der Waals surface area (Å²) in [5, 5.41) is 40.3. The molecular formula is C33H47Cl2NO9. The van der Waals surface area contributed by atoms with Gasteiger partial charge in [0.2, 0.25) is 0 Å². The minimum absolute atomic E-state index is 0.168. The van der Waals surface area contributed by atoms with E-state index in [1.807, 2.05) is 13.8 Å². The van der Waals surface area contributed by atoms with Crippen molar-refractivity contribution in [2.75, 3.05) is 0 Å². The Bertz CT molecular complexity index is 1150. The highest BCUT2D eigenvalue weighted by atomic mass is 35.5. The summed E-state index contributed by atoms with van der Waals surface area (Å²) in [6, 6.07) is 0. The molecule has 12 heteroatoms. The van der Waals surface area contributed by atoms with E-state index in [1.54, 1.807) is 42.5 Å². The zero-order valence-corrected chi connectivity index (χ0v) is 27.7. The van der Waals surface area contributed by atoms with Crippen LogP contribution in [-0.2, 0) is 19.1 Å². The van der Waals surface area contributed by atoms with Crippen molar-refractivity contribution in [1.29, 1.82) is 0 Å². The maximum atomic E-state index is 12.6. The Labute approximate surface area is 275 Å². The number of rotatable bonds is 17. The number of nitrogens with two attached hydrogens (primary N) is 1. The zero-order valence-electron chi connectivity index (χ0n) is 26.2. The highest BCUT2D eigenvalue weighted by Crippen LogP contribution is 2.26. The first-order chi connectivity index (χ1) is 21.2. The minimum Gasteiger partial charge on any atom is -0.456 e. The van der Waals surface area contributed by atoms with E-state index in [2.05, 4.69) is 6.92 Å². The molecule has 10 nitrogen and oxygen atoms in total. The summed E-state index contributed by atoms with van der Waals surface area (Å²) in [7, 11) is 0. The van der Waals surface area contributed by atoms with Gasteiger partial charge in [0.25, 0.3) is 0 Å². The molecular weight excluding hydrogens is 625 g/mol. The Balaban J connectivity index is 2.64. The minimum atomic E-state index is -1.86. The van der Waals surface area contributed by atoms with Crippen LogP contribution < -0.4 is 5.73 Å². The first-order valence-corrected chi connectivity index (χ1v) is 15.8. The van der Waals surface area contributed by atoms with Crippen LogP contribution in [0.4, 0.5) is 4.79 Å². The first kappa shape index (κ1) is 40.3. The van der Waals surface area contributed by atoms with E-state index >= 15 is 0 Å². The topological polar surface area (TPSA) is 177 Å². The maximum absolute atomic E-state index is 12.6. The summed E-state index contributed by atoms with van der Waals surface area (Å²) in [6.07, 6.45) is 9.89. The number of Topliss-reactive ketones (excluding diaryl/α,β-unsaturated/α-hetero) is 1. The number of halogens is 2. The number of hydrogen-bond donors (Lipinski definition) is 5. The number of ether oxygens (including phenoxy) is 2. The van der Waals surface area contributed by atoms with Crippen molar-refractivity contribution in [3.8, 4) is 0 Å². The number of primary amides is 1. The monoisotopic (exact) mass is 671 g/mol. The lowest BCUT2D eigenvalue weighted by Gasteiger charge is -2.30. The molecule has 0 aromatic heterocycles. The zero-order chi connectivity index (χ0) is 34.1. The van der Waals surface area contributed by atoms with Gasteiger partial charge >= 0.3 is 12.1 Å². The number of allylic oxidation sites excluding steroid dienone is 9. The van der Waals surface area contributed by atoms with E-state index in [9.17, 15) is 34.8 Å². The van der Waals surface area contributed by atoms with Gasteiger partial charge in [-0.3, -0.25) is 4.79 Å². The van der Waals surface area contributed by atoms with Crippen molar-refractivity contribution in [3.63, 3.8) is 0 Å².